The van der Waals surface area contributed by atoms with Crippen LogP contribution in [0.4, 0.5) is 0 Å². The molecule has 0 radical (unpaired) electrons. The Morgan fingerprint density at radius 1 is 0.404 bits per heavy atom. The molecule has 0 saturated carbocycles. The molecule has 0 amide bonds. The summed E-state index contributed by atoms with van der Waals surface area (Å²) in [6, 6.07) is 58.4. The Balaban J connectivity index is 1.10. The van der Waals surface area contributed by atoms with Crippen LogP contribution < -0.4 is 0 Å². The molecular weight excluding hydrogens is 697 g/mol. The van der Waals surface area contributed by atoms with E-state index in [1.54, 1.807) is 12.4 Å². The number of nitriles is 2. The summed E-state index contributed by atoms with van der Waals surface area (Å²) in [6.07, 6.45) is 3.61. The van der Waals surface area contributed by atoms with E-state index in [9.17, 15) is 10.5 Å². The van der Waals surface area contributed by atoms with Crippen molar-refractivity contribution in [2.45, 2.75) is 5.41 Å². The van der Waals surface area contributed by atoms with E-state index in [1.165, 1.54) is 0 Å². The molecule has 11 rings (SSSR count). The third-order valence-electron chi connectivity index (χ3n) is 11.5. The Morgan fingerprint density at radius 3 is 1.23 bits per heavy atom. The smallest absolute Gasteiger partial charge is 0.0991 e. The van der Waals surface area contributed by atoms with Gasteiger partial charge in [0.2, 0.25) is 0 Å². The SMILES string of the molecule is N#Cc1ccc2c(c1)C(c1ccc(-c3ccc4ccc5cccnc5c4n3)cc1)(c1ccc(-c3ccc4ccc5cccnc5c4n3)cc1)c1cc(C#N)ccc1-2. The highest BCUT2D eigenvalue weighted by molar-refractivity contribution is 6.04. The lowest BCUT2D eigenvalue weighted by atomic mass is 9.67. The van der Waals surface area contributed by atoms with E-state index in [0.29, 0.717) is 11.1 Å². The van der Waals surface area contributed by atoms with Gasteiger partial charge in [0, 0.05) is 45.1 Å². The molecule has 0 saturated heterocycles. The zero-order valence-corrected chi connectivity index (χ0v) is 30.3. The van der Waals surface area contributed by atoms with Crippen molar-refractivity contribution in [3.63, 3.8) is 0 Å². The molecule has 0 atom stereocenters. The Hall–Kier alpha value is -8.06. The molecule has 0 spiro atoms. The van der Waals surface area contributed by atoms with Gasteiger partial charge in [-0.1, -0.05) is 109 Å². The van der Waals surface area contributed by atoms with E-state index in [1.807, 2.05) is 48.5 Å². The summed E-state index contributed by atoms with van der Waals surface area (Å²) in [5.74, 6) is 0. The van der Waals surface area contributed by atoms with Gasteiger partial charge in [-0.25, -0.2) is 9.97 Å². The van der Waals surface area contributed by atoms with Crippen molar-refractivity contribution in [1.82, 2.24) is 19.9 Å². The van der Waals surface area contributed by atoms with Crippen molar-refractivity contribution < 1.29 is 0 Å². The van der Waals surface area contributed by atoms with Gasteiger partial charge in [-0.15, -0.1) is 0 Å². The molecule has 0 fully saturated rings. The van der Waals surface area contributed by atoms with Crippen LogP contribution in [0.5, 0.6) is 0 Å². The first-order valence-electron chi connectivity index (χ1n) is 18.7. The Labute approximate surface area is 327 Å². The maximum Gasteiger partial charge on any atom is 0.0991 e. The number of benzene rings is 6. The number of rotatable bonds is 4. The van der Waals surface area contributed by atoms with Gasteiger partial charge in [-0.3, -0.25) is 9.97 Å². The summed E-state index contributed by atoms with van der Waals surface area (Å²) < 4.78 is 0. The van der Waals surface area contributed by atoms with Crippen molar-refractivity contribution in [3.8, 4) is 45.8 Å². The topological polar surface area (TPSA) is 99.1 Å². The number of pyridine rings is 4. The molecule has 0 N–H and O–H groups in total. The molecule has 4 heterocycles. The predicted octanol–water partition coefficient (Wildman–Crippen LogP) is 11.3. The van der Waals surface area contributed by atoms with Gasteiger partial charge in [0.25, 0.3) is 0 Å². The molecule has 0 bridgehead atoms. The average molecular weight is 725 g/mol. The first kappa shape index (κ1) is 32.4. The monoisotopic (exact) mass is 724 g/mol. The lowest BCUT2D eigenvalue weighted by Crippen LogP contribution is -2.28. The molecule has 0 unspecified atom stereocenters. The Morgan fingerprint density at radius 2 is 0.807 bits per heavy atom. The summed E-state index contributed by atoms with van der Waals surface area (Å²) in [5.41, 5.74) is 13.5. The molecule has 262 valence electrons. The fraction of sp³-hybridized carbons (Fsp3) is 0.0196. The van der Waals surface area contributed by atoms with Crippen molar-refractivity contribution in [2.75, 3.05) is 0 Å². The van der Waals surface area contributed by atoms with E-state index in [0.717, 1.165) is 99.5 Å². The van der Waals surface area contributed by atoms with Crippen LogP contribution in [0, 0.1) is 22.7 Å². The second kappa shape index (κ2) is 12.5. The molecule has 0 aliphatic heterocycles. The highest BCUT2D eigenvalue weighted by atomic mass is 14.8. The summed E-state index contributed by atoms with van der Waals surface area (Å²) in [6.45, 7) is 0. The summed E-state index contributed by atoms with van der Waals surface area (Å²) in [5, 5.41) is 24.5. The van der Waals surface area contributed by atoms with Crippen molar-refractivity contribution >= 4 is 43.6 Å². The third-order valence-corrected chi connectivity index (χ3v) is 11.5. The molecule has 6 heteroatoms. The van der Waals surface area contributed by atoms with Crippen LogP contribution in [0.3, 0.4) is 0 Å². The van der Waals surface area contributed by atoms with E-state index in [-0.39, 0.29) is 0 Å². The standard InChI is InChI=1S/C51H28N6/c52-29-31-5-21-41-42-22-6-32(30-53)28-44(42)51(43(41)27-31,39-17-11-33(12-18-39)45-23-15-37-9-7-35-3-1-25-54-47(35)49(37)56-45)40-19-13-34(14-20-40)46-24-16-38-10-8-36-4-2-26-55-48(36)50(38)57-46/h1-28H. The van der Waals surface area contributed by atoms with Gasteiger partial charge in [0.05, 0.1) is 62.1 Å². The molecule has 6 nitrogen and oxygen atoms in total. The zero-order chi connectivity index (χ0) is 38.1. The fourth-order valence-corrected chi connectivity index (χ4v) is 8.80. The number of fused-ring (bicyclic) bond motifs is 9. The quantitative estimate of drug-likeness (QED) is 0.168. The van der Waals surface area contributed by atoms with Crippen LogP contribution in [0.15, 0.2) is 170 Å². The molecule has 1 aliphatic rings. The van der Waals surface area contributed by atoms with E-state index in [4.69, 9.17) is 9.97 Å². The van der Waals surface area contributed by atoms with Crippen LogP contribution in [-0.4, -0.2) is 19.9 Å². The second-order valence-electron chi connectivity index (χ2n) is 14.5. The van der Waals surface area contributed by atoms with Crippen molar-refractivity contribution in [3.05, 3.63) is 203 Å². The maximum atomic E-state index is 10.2. The van der Waals surface area contributed by atoms with Gasteiger partial charge < -0.3 is 0 Å². The lowest BCUT2D eigenvalue weighted by molar-refractivity contribution is 0.768. The molecule has 6 aromatic carbocycles. The molecule has 10 aromatic rings. The average Bonchev–Trinajstić information content (AvgIpc) is 3.58. The zero-order valence-electron chi connectivity index (χ0n) is 30.3. The number of aromatic nitrogens is 4. The lowest BCUT2D eigenvalue weighted by Gasteiger charge is -2.34. The molecule has 4 aromatic heterocycles. The second-order valence-corrected chi connectivity index (χ2v) is 14.5. The molecule has 1 aliphatic carbocycles. The third kappa shape index (κ3) is 4.88. The summed E-state index contributed by atoms with van der Waals surface area (Å²) in [4.78, 5) is 19.6. The number of hydrogen-bond donors (Lipinski definition) is 0. The predicted molar refractivity (Wildman–Crippen MR) is 225 cm³/mol. The van der Waals surface area contributed by atoms with Gasteiger partial charge in [0.1, 0.15) is 0 Å². The van der Waals surface area contributed by atoms with Gasteiger partial charge >= 0.3 is 0 Å². The number of nitrogens with zero attached hydrogens (tertiary/aromatic N) is 6. The normalized spacial score (nSPS) is 12.7. The summed E-state index contributed by atoms with van der Waals surface area (Å²) >= 11 is 0. The first-order chi connectivity index (χ1) is 28.1. The van der Waals surface area contributed by atoms with E-state index in [2.05, 4.69) is 131 Å². The first-order valence-corrected chi connectivity index (χ1v) is 18.7. The minimum atomic E-state index is -0.838. The van der Waals surface area contributed by atoms with Gasteiger partial charge in [-0.05, 0) is 81.9 Å². The fourth-order valence-electron chi connectivity index (χ4n) is 8.80. The van der Waals surface area contributed by atoms with Crippen LogP contribution in [0.2, 0.25) is 0 Å². The van der Waals surface area contributed by atoms with E-state index < -0.39 is 5.41 Å². The Kier molecular flexibility index (Phi) is 7.10. The summed E-state index contributed by atoms with van der Waals surface area (Å²) in [7, 11) is 0. The highest BCUT2D eigenvalue weighted by Gasteiger charge is 2.46. The largest absolute Gasteiger partial charge is 0.254 e. The van der Waals surface area contributed by atoms with E-state index >= 15 is 0 Å². The van der Waals surface area contributed by atoms with Crippen LogP contribution >= 0.6 is 0 Å². The van der Waals surface area contributed by atoms with Crippen molar-refractivity contribution in [1.29, 1.82) is 10.5 Å². The van der Waals surface area contributed by atoms with Gasteiger partial charge in [0.15, 0.2) is 0 Å². The van der Waals surface area contributed by atoms with Crippen molar-refractivity contribution in [2.24, 2.45) is 0 Å². The molecular formula is C51H28N6. The van der Waals surface area contributed by atoms with Crippen LogP contribution in [0.1, 0.15) is 33.4 Å². The highest BCUT2D eigenvalue weighted by Crippen LogP contribution is 2.56. The Bertz CT molecular complexity index is 3150. The molecule has 57 heavy (non-hydrogen) atoms. The minimum Gasteiger partial charge on any atom is -0.254 e. The number of hydrogen-bond acceptors (Lipinski definition) is 6. The van der Waals surface area contributed by atoms with Crippen LogP contribution in [-0.2, 0) is 5.41 Å². The maximum absolute atomic E-state index is 10.2. The minimum absolute atomic E-state index is 0.571. The van der Waals surface area contributed by atoms with Crippen LogP contribution in [0.25, 0.3) is 77.3 Å². The van der Waals surface area contributed by atoms with Gasteiger partial charge in [-0.2, -0.15) is 10.5 Å².